The van der Waals surface area contributed by atoms with Crippen molar-refractivity contribution in [3.05, 3.63) is 54.1 Å². The Labute approximate surface area is 177 Å². The van der Waals surface area contributed by atoms with Gasteiger partial charge in [0, 0.05) is 18.3 Å². The Bertz CT molecular complexity index is 1020. The first kappa shape index (κ1) is 20.7. The van der Waals surface area contributed by atoms with Crippen LogP contribution in [0.5, 0.6) is 11.5 Å². The lowest BCUT2D eigenvalue weighted by Gasteiger charge is -2.43. The molecule has 0 unspecified atom stereocenters. The smallest absolute Gasteiger partial charge is 0.241 e. The maximum Gasteiger partial charge on any atom is 0.241 e. The average Bonchev–Trinajstić information content (AvgIpc) is 3.07. The molecule has 2 aliphatic rings. The lowest BCUT2D eigenvalue weighted by atomic mass is 10.0. The second-order valence-electron chi connectivity index (χ2n) is 7.71. The number of sulfone groups is 1. The number of methoxy groups -OCH3 is 2. The van der Waals surface area contributed by atoms with Crippen molar-refractivity contribution in [1.82, 2.24) is 4.90 Å². The molecule has 0 aromatic heterocycles. The van der Waals surface area contributed by atoms with Crippen LogP contribution >= 0.6 is 0 Å². The number of ether oxygens (including phenoxy) is 2. The van der Waals surface area contributed by atoms with E-state index in [1.165, 1.54) is 0 Å². The molecule has 30 heavy (non-hydrogen) atoms. The van der Waals surface area contributed by atoms with Gasteiger partial charge < -0.3 is 14.4 Å². The number of fused-ring (bicyclic) bond motifs is 1. The Morgan fingerprint density at radius 1 is 0.967 bits per heavy atom. The van der Waals surface area contributed by atoms with Crippen LogP contribution in [0.2, 0.25) is 0 Å². The number of piperazine rings is 1. The van der Waals surface area contributed by atoms with E-state index in [0.29, 0.717) is 24.4 Å². The van der Waals surface area contributed by atoms with E-state index in [-0.39, 0.29) is 36.0 Å². The van der Waals surface area contributed by atoms with E-state index in [1.54, 1.807) is 31.3 Å². The Hall–Kier alpha value is -2.58. The zero-order chi connectivity index (χ0) is 21.3. The van der Waals surface area contributed by atoms with E-state index in [9.17, 15) is 13.2 Å². The third kappa shape index (κ3) is 4.02. The van der Waals surface area contributed by atoms with Gasteiger partial charge in [-0.05, 0) is 42.3 Å². The fourth-order valence-electron chi connectivity index (χ4n) is 4.45. The fourth-order valence-corrected chi connectivity index (χ4v) is 6.44. The summed E-state index contributed by atoms with van der Waals surface area (Å²) in [6, 6.07) is 14.4. The first-order chi connectivity index (χ1) is 14.4. The van der Waals surface area contributed by atoms with Gasteiger partial charge in [0.1, 0.15) is 11.5 Å². The van der Waals surface area contributed by atoms with E-state index in [1.807, 2.05) is 41.3 Å². The molecule has 0 aliphatic carbocycles. The predicted octanol–water partition coefficient (Wildman–Crippen LogP) is 1.76. The molecule has 7 nitrogen and oxygen atoms in total. The molecule has 8 heteroatoms. The van der Waals surface area contributed by atoms with Crippen molar-refractivity contribution in [2.75, 3.05) is 43.7 Å². The van der Waals surface area contributed by atoms with Gasteiger partial charge in [0.05, 0.1) is 38.3 Å². The lowest BCUT2D eigenvalue weighted by molar-refractivity contribution is -0.123. The molecule has 160 valence electrons. The summed E-state index contributed by atoms with van der Waals surface area (Å²) in [5, 5.41) is 0. The van der Waals surface area contributed by atoms with Crippen molar-refractivity contribution in [2.45, 2.75) is 18.5 Å². The first-order valence-corrected chi connectivity index (χ1v) is 11.8. The number of carbonyl (C=O) groups excluding carboxylic acids is 1. The molecule has 0 spiro atoms. The lowest BCUT2D eigenvalue weighted by Crippen LogP contribution is -2.62. The quantitative estimate of drug-likeness (QED) is 0.695. The maximum absolute atomic E-state index is 13.1. The summed E-state index contributed by atoms with van der Waals surface area (Å²) < 4.78 is 35.6. The van der Waals surface area contributed by atoms with Gasteiger partial charge in [-0.1, -0.05) is 18.2 Å². The predicted molar refractivity (Wildman–Crippen MR) is 115 cm³/mol. The second-order valence-corrected chi connectivity index (χ2v) is 9.86. The summed E-state index contributed by atoms with van der Waals surface area (Å²) in [6.45, 7) is 0.789. The SMILES string of the molecule is COc1ccc(N2C(=O)CN(CCc3ccccc3OC)[C@H]3CS(=O)(=O)C[C@@H]32)cc1. The van der Waals surface area contributed by atoms with Gasteiger partial charge in [0.2, 0.25) is 5.91 Å². The van der Waals surface area contributed by atoms with Crippen LogP contribution in [-0.2, 0) is 21.1 Å². The van der Waals surface area contributed by atoms with Crippen LogP contribution in [0.25, 0.3) is 0 Å². The van der Waals surface area contributed by atoms with E-state index in [0.717, 1.165) is 11.3 Å². The number of hydrogen-bond donors (Lipinski definition) is 0. The third-order valence-corrected chi connectivity index (χ3v) is 7.61. The summed E-state index contributed by atoms with van der Waals surface area (Å²) in [5.41, 5.74) is 1.75. The van der Waals surface area contributed by atoms with E-state index >= 15 is 0 Å². The molecule has 1 amide bonds. The molecule has 2 aromatic carbocycles. The van der Waals surface area contributed by atoms with Gasteiger partial charge in [-0.25, -0.2) is 8.42 Å². The van der Waals surface area contributed by atoms with Crippen LogP contribution in [0.1, 0.15) is 5.56 Å². The number of rotatable bonds is 6. The summed E-state index contributed by atoms with van der Waals surface area (Å²) in [5.74, 6) is 1.47. The van der Waals surface area contributed by atoms with Crippen molar-refractivity contribution in [3.8, 4) is 11.5 Å². The Morgan fingerprint density at radius 3 is 2.37 bits per heavy atom. The molecule has 4 rings (SSSR count). The van der Waals surface area contributed by atoms with Crippen molar-refractivity contribution >= 4 is 21.4 Å². The van der Waals surface area contributed by atoms with E-state index in [2.05, 4.69) is 0 Å². The van der Waals surface area contributed by atoms with Crippen molar-refractivity contribution in [2.24, 2.45) is 0 Å². The van der Waals surface area contributed by atoms with Crippen molar-refractivity contribution in [3.63, 3.8) is 0 Å². The number of nitrogens with zero attached hydrogens (tertiary/aromatic N) is 2. The number of hydrogen-bond acceptors (Lipinski definition) is 6. The highest BCUT2D eigenvalue weighted by molar-refractivity contribution is 7.91. The molecule has 0 radical (unpaired) electrons. The third-order valence-electron chi connectivity index (χ3n) is 5.91. The minimum atomic E-state index is -3.22. The highest BCUT2D eigenvalue weighted by Gasteiger charge is 2.49. The Balaban J connectivity index is 1.57. The van der Waals surface area contributed by atoms with Gasteiger partial charge in [-0.2, -0.15) is 0 Å². The Morgan fingerprint density at radius 2 is 1.67 bits per heavy atom. The van der Waals surface area contributed by atoms with Gasteiger partial charge in [-0.15, -0.1) is 0 Å². The molecule has 2 fully saturated rings. The topological polar surface area (TPSA) is 76.2 Å². The van der Waals surface area contributed by atoms with Crippen molar-refractivity contribution in [1.29, 1.82) is 0 Å². The number of amides is 1. The molecule has 2 atom stereocenters. The first-order valence-electron chi connectivity index (χ1n) is 9.94. The minimum Gasteiger partial charge on any atom is -0.497 e. The minimum absolute atomic E-state index is 0.0133. The zero-order valence-corrected chi connectivity index (χ0v) is 18.0. The highest BCUT2D eigenvalue weighted by Crippen LogP contribution is 2.32. The van der Waals surface area contributed by atoms with Crippen LogP contribution in [0.3, 0.4) is 0 Å². The second kappa shape index (κ2) is 8.28. The number of anilines is 1. The summed E-state index contributed by atoms with van der Waals surface area (Å²) in [6.07, 6.45) is 0.684. The van der Waals surface area contributed by atoms with Crippen LogP contribution in [-0.4, -0.2) is 70.1 Å². The molecule has 2 heterocycles. The molecule has 2 aromatic rings. The van der Waals surface area contributed by atoms with Crippen LogP contribution < -0.4 is 14.4 Å². The maximum atomic E-state index is 13.1. The van der Waals surface area contributed by atoms with Gasteiger partial charge in [0.15, 0.2) is 9.84 Å². The van der Waals surface area contributed by atoms with Crippen LogP contribution in [0, 0.1) is 0 Å². The molecule has 2 saturated heterocycles. The molecule has 0 saturated carbocycles. The highest BCUT2D eigenvalue weighted by atomic mass is 32.2. The van der Waals surface area contributed by atoms with E-state index in [4.69, 9.17) is 9.47 Å². The normalized spacial score (nSPS) is 23.3. The Kier molecular flexibility index (Phi) is 5.71. The fraction of sp³-hybridized carbons (Fsp3) is 0.409. The zero-order valence-electron chi connectivity index (χ0n) is 17.2. The number of benzene rings is 2. The monoisotopic (exact) mass is 430 g/mol. The molecule has 2 aliphatic heterocycles. The average molecular weight is 431 g/mol. The van der Waals surface area contributed by atoms with Crippen LogP contribution in [0.4, 0.5) is 5.69 Å². The summed E-state index contributed by atoms with van der Waals surface area (Å²) in [4.78, 5) is 16.8. The van der Waals surface area contributed by atoms with Crippen LogP contribution in [0.15, 0.2) is 48.5 Å². The number of para-hydroxylation sites is 1. The molecule has 0 bridgehead atoms. The van der Waals surface area contributed by atoms with Crippen molar-refractivity contribution < 1.29 is 22.7 Å². The standard InChI is InChI=1S/C22H26N2O5S/c1-28-18-9-7-17(8-10-18)24-20-15-30(26,27)14-19(20)23(13-22(24)25)12-11-16-5-3-4-6-21(16)29-2/h3-10,19-20H,11-15H2,1-2H3/t19-,20-/m0/s1. The van der Waals surface area contributed by atoms with Gasteiger partial charge in [0.25, 0.3) is 0 Å². The largest absolute Gasteiger partial charge is 0.497 e. The molecular formula is C22H26N2O5S. The summed E-state index contributed by atoms with van der Waals surface area (Å²) in [7, 11) is -0.00158. The molecular weight excluding hydrogens is 404 g/mol. The van der Waals surface area contributed by atoms with Gasteiger partial charge >= 0.3 is 0 Å². The number of carbonyl (C=O) groups is 1. The molecule has 0 N–H and O–H groups in total. The van der Waals surface area contributed by atoms with Gasteiger partial charge in [-0.3, -0.25) is 9.69 Å². The summed E-state index contributed by atoms with van der Waals surface area (Å²) >= 11 is 0. The van der Waals surface area contributed by atoms with E-state index < -0.39 is 9.84 Å².